The quantitative estimate of drug-likeness (QED) is 0.571. The van der Waals surface area contributed by atoms with Crippen LogP contribution < -0.4 is 10.9 Å². The molecule has 0 unspecified atom stereocenters. The second-order valence-corrected chi connectivity index (χ2v) is 5.36. The van der Waals surface area contributed by atoms with Gasteiger partial charge in [0.15, 0.2) is 5.65 Å². The Morgan fingerprint density at radius 2 is 1.64 bits per heavy atom. The molecular weight excluding hydrogens is 377 g/mol. The number of anilines is 1. The predicted molar refractivity (Wildman–Crippen MR) is 97.9 cm³/mol. The molecule has 10 heteroatoms. The van der Waals surface area contributed by atoms with Crippen LogP contribution >= 0.6 is 0 Å². The van der Waals surface area contributed by atoms with Crippen molar-refractivity contribution in [2.24, 2.45) is 0 Å². The van der Waals surface area contributed by atoms with E-state index in [1.54, 1.807) is 0 Å². The molecule has 0 fully saturated rings. The smallest absolute Gasteiger partial charge is 0.256 e. The lowest BCUT2D eigenvalue weighted by Crippen LogP contribution is -2.29. The summed E-state index contributed by atoms with van der Waals surface area (Å²) in [6, 6.07) is 4.18. The third-order valence-electron chi connectivity index (χ3n) is 3.64. The maximum absolute atomic E-state index is 14.3. The number of aromatic nitrogens is 3. The molecule has 0 saturated heterocycles. The molecular formula is C18H19F3N4O3. The van der Waals surface area contributed by atoms with Crippen LogP contribution in [0.5, 0.6) is 0 Å². The fourth-order valence-electron chi connectivity index (χ4n) is 2.39. The van der Waals surface area contributed by atoms with Gasteiger partial charge in [0.2, 0.25) is 11.9 Å². The Morgan fingerprint density at radius 3 is 2.21 bits per heavy atom. The monoisotopic (exact) mass is 396 g/mol. The molecule has 7 nitrogen and oxygen atoms in total. The number of hydrogen-bond acceptors (Lipinski definition) is 6. The molecule has 3 aromatic rings. The highest BCUT2D eigenvalue weighted by Gasteiger charge is 2.19. The highest BCUT2D eigenvalue weighted by atomic mass is 19.1. The van der Waals surface area contributed by atoms with Crippen molar-refractivity contribution in [2.75, 3.05) is 18.5 Å². The fourth-order valence-corrected chi connectivity index (χ4v) is 2.39. The normalized spacial score (nSPS) is 10.7. The summed E-state index contributed by atoms with van der Waals surface area (Å²) in [5, 5.41) is 20.4. The molecule has 2 aromatic heterocycles. The molecule has 0 bridgehead atoms. The lowest BCUT2D eigenvalue weighted by Gasteiger charge is -2.15. The van der Waals surface area contributed by atoms with Gasteiger partial charge in [-0.05, 0) is 18.2 Å². The van der Waals surface area contributed by atoms with Crippen LogP contribution in [-0.2, 0) is 0 Å². The Morgan fingerprint density at radius 1 is 1.04 bits per heavy atom. The first-order chi connectivity index (χ1) is 13.5. The molecule has 0 amide bonds. The Bertz CT molecular complexity index is 1000. The zero-order valence-electron chi connectivity index (χ0n) is 15.2. The van der Waals surface area contributed by atoms with Crippen molar-refractivity contribution in [1.82, 2.24) is 14.5 Å². The molecule has 0 atom stereocenters. The summed E-state index contributed by atoms with van der Waals surface area (Å²) >= 11 is 0. The van der Waals surface area contributed by atoms with Gasteiger partial charge < -0.3 is 15.5 Å². The van der Waals surface area contributed by atoms with E-state index in [0.29, 0.717) is 4.57 Å². The number of halogens is 3. The van der Waals surface area contributed by atoms with E-state index in [2.05, 4.69) is 15.3 Å². The summed E-state index contributed by atoms with van der Waals surface area (Å²) in [6.45, 7) is 3.01. The van der Waals surface area contributed by atoms with Gasteiger partial charge >= 0.3 is 0 Å². The summed E-state index contributed by atoms with van der Waals surface area (Å²) < 4.78 is 43.2. The van der Waals surface area contributed by atoms with Crippen molar-refractivity contribution in [1.29, 1.82) is 0 Å². The first kappa shape index (κ1) is 21.3. The van der Waals surface area contributed by atoms with E-state index in [-0.39, 0.29) is 17.0 Å². The second-order valence-electron chi connectivity index (χ2n) is 5.36. The fraction of sp³-hybridized carbons (Fsp3) is 0.278. The molecule has 3 N–H and O–H groups in total. The van der Waals surface area contributed by atoms with E-state index in [4.69, 9.17) is 10.2 Å². The van der Waals surface area contributed by atoms with Crippen molar-refractivity contribution in [2.45, 2.75) is 19.9 Å². The Hall–Kier alpha value is -2.98. The topological polar surface area (TPSA) is 100 Å². The lowest BCUT2D eigenvalue weighted by atomic mass is 10.2. The van der Waals surface area contributed by atoms with Gasteiger partial charge in [-0.15, -0.1) is 0 Å². The average molecular weight is 396 g/mol. The van der Waals surface area contributed by atoms with Crippen LogP contribution in [-0.4, -0.2) is 44.0 Å². The van der Waals surface area contributed by atoms with Gasteiger partial charge in [0.25, 0.3) is 5.56 Å². The summed E-state index contributed by atoms with van der Waals surface area (Å²) in [7, 11) is 0. The molecule has 0 saturated carbocycles. The minimum atomic E-state index is -1.04. The zero-order chi connectivity index (χ0) is 20.8. The summed E-state index contributed by atoms with van der Waals surface area (Å²) in [5.74, 6) is -3.47. The molecule has 2 heterocycles. The van der Waals surface area contributed by atoms with Gasteiger partial charge in [-0.1, -0.05) is 19.9 Å². The van der Waals surface area contributed by atoms with Crippen molar-refractivity contribution in [3.63, 3.8) is 0 Å². The van der Waals surface area contributed by atoms with E-state index in [0.717, 1.165) is 30.3 Å². The van der Waals surface area contributed by atoms with Crippen LogP contribution in [0.1, 0.15) is 13.8 Å². The van der Waals surface area contributed by atoms with E-state index >= 15 is 0 Å². The average Bonchev–Trinajstić information content (AvgIpc) is 2.69. The van der Waals surface area contributed by atoms with E-state index < -0.39 is 48.1 Å². The Labute approximate surface area is 158 Å². The van der Waals surface area contributed by atoms with Gasteiger partial charge in [-0.3, -0.25) is 9.36 Å². The van der Waals surface area contributed by atoms with Crippen LogP contribution in [0.25, 0.3) is 16.7 Å². The highest BCUT2D eigenvalue weighted by Crippen LogP contribution is 2.22. The van der Waals surface area contributed by atoms with Gasteiger partial charge in [-0.25, -0.2) is 8.78 Å². The summed E-state index contributed by atoms with van der Waals surface area (Å²) in [4.78, 5) is 19.7. The summed E-state index contributed by atoms with van der Waals surface area (Å²) in [5.41, 5.74) is -1.90. The standard InChI is InChI=1S/C16H13F3N4O3.C2H6/c17-10-2-1-3-11(18)13(10)23-12(26)5-4-9-14(19)21-16(22-15(9)23)20-8(6-24)7-25;1-2/h1-5,8,24-25H,6-7H2,(H,20,21,22);1-2H3. The zero-order valence-corrected chi connectivity index (χ0v) is 15.2. The third kappa shape index (κ3) is 4.12. The SMILES string of the molecule is CC.O=c1ccc2c(F)nc(NC(CO)CO)nc2n1-c1c(F)cccc1F. The number of para-hydroxylation sites is 1. The maximum atomic E-state index is 14.3. The number of nitrogens with one attached hydrogen (secondary N) is 1. The van der Waals surface area contributed by atoms with Crippen LogP contribution in [0, 0.1) is 17.6 Å². The van der Waals surface area contributed by atoms with Crippen molar-refractivity contribution in [3.05, 3.63) is 58.3 Å². The maximum Gasteiger partial charge on any atom is 0.256 e. The van der Waals surface area contributed by atoms with Gasteiger partial charge in [-0.2, -0.15) is 14.4 Å². The Balaban J connectivity index is 0.00000136. The number of nitrogens with zero attached hydrogens (tertiary/aromatic N) is 3. The first-order valence-electron chi connectivity index (χ1n) is 8.48. The molecule has 3 rings (SSSR count). The molecule has 0 radical (unpaired) electrons. The number of aliphatic hydroxyl groups is 2. The van der Waals surface area contributed by atoms with Crippen molar-refractivity contribution >= 4 is 17.0 Å². The minimum absolute atomic E-state index is 0.234. The number of pyridine rings is 1. The van der Waals surface area contributed by atoms with Gasteiger partial charge in [0.1, 0.15) is 17.3 Å². The van der Waals surface area contributed by atoms with E-state index in [9.17, 15) is 18.0 Å². The summed E-state index contributed by atoms with van der Waals surface area (Å²) in [6.07, 6.45) is 0. The molecule has 0 spiro atoms. The number of rotatable bonds is 5. The Kier molecular flexibility index (Phi) is 7.07. The number of aliphatic hydroxyl groups excluding tert-OH is 2. The van der Waals surface area contributed by atoms with Gasteiger partial charge in [0, 0.05) is 6.07 Å². The molecule has 150 valence electrons. The largest absolute Gasteiger partial charge is 0.394 e. The van der Waals surface area contributed by atoms with Crippen molar-refractivity contribution in [3.8, 4) is 5.69 Å². The van der Waals surface area contributed by atoms with Crippen LogP contribution in [0.4, 0.5) is 19.1 Å². The molecule has 1 aromatic carbocycles. The number of hydrogen-bond donors (Lipinski definition) is 3. The van der Waals surface area contributed by atoms with Crippen LogP contribution in [0.15, 0.2) is 35.1 Å². The van der Waals surface area contributed by atoms with E-state index in [1.807, 2.05) is 13.8 Å². The third-order valence-corrected chi connectivity index (χ3v) is 3.64. The van der Waals surface area contributed by atoms with Crippen LogP contribution in [0.3, 0.4) is 0 Å². The van der Waals surface area contributed by atoms with Crippen LogP contribution in [0.2, 0.25) is 0 Å². The highest BCUT2D eigenvalue weighted by molar-refractivity contribution is 5.77. The minimum Gasteiger partial charge on any atom is -0.394 e. The first-order valence-corrected chi connectivity index (χ1v) is 8.48. The molecule has 0 aliphatic carbocycles. The number of benzene rings is 1. The van der Waals surface area contributed by atoms with E-state index in [1.165, 1.54) is 0 Å². The predicted octanol–water partition coefficient (Wildman–Crippen LogP) is 1.99. The molecule has 0 aliphatic heterocycles. The molecule has 0 aliphatic rings. The lowest BCUT2D eigenvalue weighted by molar-refractivity contribution is 0.203. The van der Waals surface area contributed by atoms with Gasteiger partial charge in [0.05, 0.1) is 24.6 Å². The molecule has 28 heavy (non-hydrogen) atoms. The second kappa shape index (κ2) is 9.29. The number of fused-ring (bicyclic) bond motifs is 1. The van der Waals surface area contributed by atoms with Crippen molar-refractivity contribution < 1.29 is 23.4 Å².